The minimum atomic E-state index is -0.313. The second kappa shape index (κ2) is 10.1. The van der Waals surface area contributed by atoms with Crippen molar-refractivity contribution in [1.29, 1.82) is 0 Å². The van der Waals surface area contributed by atoms with E-state index in [1.807, 2.05) is 55.5 Å². The van der Waals surface area contributed by atoms with Gasteiger partial charge in [-0.2, -0.15) is 0 Å². The summed E-state index contributed by atoms with van der Waals surface area (Å²) in [5.41, 5.74) is 4.07. The van der Waals surface area contributed by atoms with E-state index in [4.69, 9.17) is 0 Å². The summed E-state index contributed by atoms with van der Waals surface area (Å²) in [7, 11) is 0. The van der Waals surface area contributed by atoms with Crippen LogP contribution in [0.3, 0.4) is 0 Å². The van der Waals surface area contributed by atoms with E-state index in [0.717, 1.165) is 22.3 Å². The maximum Gasteiger partial charge on any atom is 0.182 e. The number of aliphatic hydroxyl groups is 1. The second-order valence-corrected chi connectivity index (χ2v) is 6.08. The first-order chi connectivity index (χ1) is 12.6. The number of alkyl halides is 1. The molecule has 0 radical (unpaired) electrons. The molecule has 0 aliphatic heterocycles. The number of halogens is 1. The van der Waals surface area contributed by atoms with Gasteiger partial charge in [0.1, 0.15) is 5.76 Å². The molecule has 0 saturated heterocycles. The van der Waals surface area contributed by atoms with Crippen molar-refractivity contribution in [1.82, 2.24) is 0 Å². The SMILES string of the molecule is Cc1ccc(/C=C/C(=O)/C=C(O)/C=C/c2ccc(CCCF)cc2)cc1. The highest BCUT2D eigenvalue weighted by molar-refractivity contribution is 6.02. The van der Waals surface area contributed by atoms with Crippen molar-refractivity contribution in [2.75, 3.05) is 6.67 Å². The zero-order chi connectivity index (χ0) is 18.8. The molecule has 2 rings (SSSR count). The molecule has 26 heavy (non-hydrogen) atoms. The number of hydrogen-bond acceptors (Lipinski definition) is 2. The molecule has 0 spiro atoms. The fraction of sp³-hybridized carbons (Fsp3) is 0.174. The van der Waals surface area contributed by atoms with E-state index in [1.54, 1.807) is 12.2 Å². The lowest BCUT2D eigenvalue weighted by atomic mass is 10.1. The fourth-order valence-electron chi connectivity index (χ4n) is 2.35. The standard InChI is InChI=1S/C23H23FO2/c1-18-4-6-20(7-5-18)12-14-22(25)17-23(26)15-13-21-10-8-19(9-11-21)3-2-16-24/h4-15,17,26H,2-3,16H2,1H3/b14-12+,15-13+,23-17-. The Kier molecular flexibility index (Phi) is 7.56. The predicted molar refractivity (Wildman–Crippen MR) is 106 cm³/mol. The molecule has 0 amide bonds. The van der Waals surface area contributed by atoms with Gasteiger partial charge in [0.25, 0.3) is 0 Å². The number of aryl methyl sites for hydroxylation is 2. The van der Waals surface area contributed by atoms with Gasteiger partial charge in [-0.25, -0.2) is 0 Å². The molecule has 2 aromatic carbocycles. The van der Waals surface area contributed by atoms with Gasteiger partial charge in [-0.05, 0) is 48.6 Å². The molecular weight excluding hydrogens is 327 g/mol. The van der Waals surface area contributed by atoms with Crippen LogP contribution in [0.25, 0.3) is 12.2 Å². The van der Waals surface area contributed by atoms with Crippen molar-refractivity contribution in [3.63, 3.8) is 0 Å². The highest BCUT2D eigenvalue weighted by atomic mass is 19.1. The van der Waals surface area contributed by atoms with Crippen molar-refractivity contribution < 1.29 is 14.3 Å². The third kappa shape index (κ3) is 6.89. The van der Waals surface area contributed by atoms with Gasteiger partial charge in [0.05, 0.1) is 6.67 Å². The number of ketones is 1. The van der Waals surface area contributed by atoms with Crippen LogP contribution in [0.2, 0.25) is 0 Å². The van der Waals surface area contributed by atoms with E-state index < -0.39 is 0 Å². The Morgan fingerprint density at radius 1 is 0.962 bits per heavy atom. The quantitative estimate of drug-likeness (QED) is 0.380. The first-order valence-electron chi connectivity index (χ1n) is 8.59. The molecule has 0 saturated carbocycles. The van der Waals surface area contributed by atoms with Crippen LogP contribution in [0.5, 0.6) is 0 Å². The lowest BCUT2D eigenvalue weighted by molar-refractivity contribution is -0.110. The summed E-state index contributed by atoms with van der Waals surface area (Å²) < 4.78 is 12.2. The van der Waals surface area contributed by atoms with E-state index in [0.29, 0.717) is 12.8 Å². The molecule has 0 fully saturated rings. The van der Waals surface area contributed by atoms with E-state index >= 15 is 0 Å². The molecule has 3 heteroatoms. The molecule has 2 aromatic rings. The van der Waals surface area contributed by atoms with Gasteiger partial charge in [-0.15, -0.1) is 0 Å². The van der Waals surface area contributed by atoms with E-state index in [2.05, 4.69) is 0 Å². The molecule has 0 atom stereocenters. The zero-order valence-electron chi connectivity index (χ0n) is 14.9. The molecule has 134 valence electrons. The molecule has 0 heterocycles. The van der Waals surface area contributed by atoms with Crippen molar-refractivity contribution in [2.45, 2.75) is 19.8 Å². The number of aliphatic hydroxyl groups excluding tert-OH is 1. The summed E-state index contributed by atoms with van der Waals surface area (Å²) in [6, 6.07) is 15.5. The number of benzene rings is 2. The van der Waals surface area contributed by atoms with Gasteiger partial charge in [0.2, 0.25) is 0 Å². The van der Waals surface area contributed by atoms with Crippen LogP contribution < -0.4 is 0 Å². The average molecular weight is 350 g/mol. The Bertz CT molecular complexity index is 797. The summed E-state index contributed by atoms with van der Waals surface area (Å²) in [5, 5.41) is 9.86. The zero-order valence-corrected chi connectivity index (χ0v) is 14.9. The van der Waals surface area contributed by atoms with E-state index in [-0.39, 0.29) is 18.2 Å². The summed E-state index contributed by atoms with van der Waals surface area (Å²) in [6.45, 7) is 1.69. The Balaban J connectivity index is 1.92. The molecule has 2 nitrogen and oxygen atoms in total. The largest absolute Gasteiger partial charge is 0.508 e. The second-order valence-electron chi connectivity index (χ2n) is 6.08. The number of allylic oxidation sites excluding steroid dienone is 3. The van der Waals surface area contributed by atoms with E-state index in [9.17, 15) is 14.3 Å². The maximum absolute atomic E-state index is 12.2. The van der Waals surface area contributed by atoms with Crippen LogP contribution in [0.1, 0.15) is 28.7 Å². The third-order valence-electron chi connectivity index (χ3n) is 3.83. The van der Waals surface area contributed by atoms with Crippen LogP contribution in [0.15, 0.2) is 72.5 Å². The third-order valence-corrected chi connectivity index (χ3v) is 3.83. The Labute approximate surface area is 154 Å². The molecule has 0 unspecified atom stereocenters. The number of rotatable bonds is 8. The van der Waals surface area contributed by atoms with Crippen LogP contribution in [-0.2, 0) is 11.2 Å². The molecule has 1 N–H and O–H groups in total. The van der Waals surface area contributed by atoms with Gasteiger partial charge in [0, 0.05) is 6.08 Å². The lowest BCUT2D eigenvalue weighted by Crippen LogP contribution is -1.89. The Morgan fingerprint density at radius 3 is 2.15 bits per heavy atom. The van der Waals surface area contributed by atoms with Gasteiger partial charge < -0.3 is 5.11 Å². The monoisotopic (exact) mass is 350 g/mol. The topological polar surface area (TPSA) is 37.3 Å². The predicted octanol–water partition coefficient (Wildman–Crippen LogP) is 5.63. The van der Waals surface area contributed by atoms with Gasteiger partial charge in [-0.1, -0.05) is 66.2 Å². The molecule has 0 aliphatic rings. The lowest BCUT2D eigenvalue weighted by Gasteiger charge is -1.99. The maximum atomic E-state index is 12.2. The smallest absolute Gasteiger partial charge is 0.182 e. The highest BCUT2D eigenvalue weighted by Crippen LogP contribution is 2.10. The summed E-state index contributed by atoms with van der Waals surface area (Å²) in [6.07, 6.45) is 8.76. The number of hydrogen-bond donors (Lipinski definition) is 1. The summed E-state index contributed by atoms with van der Waals surface area (Å²) in [5.74, 6) is -0.389. The van der Waals surface area contributed by atoms with Crippen LogP contribution in [-0.4, -0.2) is 17.6 Å². The van der Waals surface area contributed by atoms with Gasteiger partial charge in [-0.3, -0.25) is 9.18 Å². The minimum Gasteiger partial charge on any atom is -0.508 e. The van der Waals surface area contributed by atoms with Gasteiger partial charge in [0.15, 0.2) is 5.78 Å². The van der Waals surface area contributed by atoms with Crippen molar-refractivity contribution in [3.05, 3.63) is 94.8 Å². The fourth-order valence-corrected chi connectivity index (χ4v) is 2.35. The Hall–Kier alpha value is -2.94. The van der Waals surface area contributed by atoms with E-state index in [1.165, 1.54) is 18.2 Å². The number of carbonyl (C=O) groups is 1. The van der Waals surface area contributed by atoms with Crippen molar-refractivity contribution >= 4 is 17.9 Å². The summed E-state index contributed by atoms with van der Waals surface area (Å²) in [4.78, 5) is 11.9. The molecule has 0 aromatic heterocycles. The van der Waals surface area contributed by atoms with Crippen LogP contribution in [0, 0.1) is 6.92 Å². The first-order valence-corrected chi connectivity index (χ1v) is 8.59. The normalized spacial score (nSPS) is 12.2. The number of carbonyl (C=O) groups excluding carboxylic acids is 1. The molecule has 0 aliphatic carbocycles. The van der Waals surface area contributed by atoms with Crippen LogP contribution in [0.4, 0.5) is 4.39 Å². The van der Waals surface area contributed by atoms with Crippen molar-refractivity contribution in [3.8, 4) is 0 Å². The first kappa shape index (κ1) is 19.4. The summed E-state index contributed by atoms with van der Waals surface area (Å²) >= 11 is 0. The van der Waals surface area contributed by atoms with Crippen molar-refractivity contribution in [2.24, 2.45) is 0 Å². The molecular formula is C23H23FO2. The average Bonchev–Trinajstić information content (AvgIpc) is 2.65. The van der Waals surface area contributed by atoms with Crippen LogP contribution >= 0.6 is 0 Å². The highest BCUT2D eigenvalue weighted by Gasteiger charge is 1.96. The molecule has 0 bridgehead atoms. The Morgan fingerprint density at radius 2 is 1.54 bits per heavy atom. The van der Waals surface area contributed by atoms with Gasteiger partial charge >= 0.3 is 0 Å². The minimum absolute atomic E-state index is 0.106.